The minimum absolute atomic E-state index is 0.00172. The third-order valence-corrected chi connectivity index (χ3v) is 3.46. The first-order valence-corrected chi connectivity index (χ1v) is 7.76. The third-order valence-electron chi connectivity index (χ3n) is 3.46. The summed E-state index contributed by atoms with van der Waals surface area (Å²) in [6.45, 7) is 7.68. The number of halogens is 3. The molecule has 0 aliphatic carbocycles. The highest BCUT2D eigenvalue weighted by molar-refractivity contribution is 5.96. The Morgan fingerprint density at radius 1 is 1.25 bits per heavy atom. The van der Waals surface area contributed by atoms with E-state index in [0.29, 0.717) is 12.0 Å². The van der Waals surface area contributed by atoms with Crippen molar-refractivity contribution in [2.75, 3.05) is 6.61 Å². The van der Waals surface area contributed by atoms with Crippen molar-refractivity contribution in [1.82, 2.24) is 0 Å². The van der Waals surface area contributed by atoms with Crippen LogP contribution < -0.4 is 4.74 Å². The highest BCUT2D eigenvalue weighted by atomic mass is 19.4. The summed E-state index contributed by atoms with van der Waals surface area (Å²) in [4.78, 5) is 11.8. The van der Waals surface area contributed by atoms with Crippen molar-refractivity contribution in [3.05, 3.63) is 34.9 Å². The van der Waals surface area contributed by atoms with Gasteiger partial charge in [0.25, 0.3) is 0 Å². The van der Waals surface area contributed by atoms with Crippen LogP contribution >= 0.6 is 0 Å². The Morgan fingerprint density at radius 3 is 2.46 bits per heavy atom. The minimum Gasteiger partial charge on any atom is -0.475 e. The van der Waals surface area contributed by atoms with Crippen LogP contribution in [0.1, 0.15) is 38.8 Å². The van der Waals surface area contributed by atoms with E-state index in [0.717, 1.165) is 5.56 Å². The summed E-state index contributed by atoms with van der Waals surface area (Å²) in [5.41, 5.74) is 0.796. The van der Waals surface area contributed by atoms with E-state index in [1.54, 1.807) is 12.1 Å². The summed E-state index contributed by atoms with van der Waals surface area (Å²) in [6.07, 6.45) is -5.10. The molecule has 6 heteroatoms. The summed E-state index contributed by atoms with van der Waals surface area (Å²) in [6, 6.07) is 5.11. The molecule has 1 heterocycles. The molecule has 1 aromatic rings. The van der Waals surface area contributed by atoms with Gasteiger partial charge in [-0.2, -0.15) is 13.2 Å². The standard InChI is InChI=1S/C18H21F3O3/c1-5-23-16(22)13-9-12-7-6-11(10-17(2,3)4)8-14(12)24-15(13)18(19,20)21/h6-9,15H,5,10H2,1-4H3. The van der Waals surface area contributed by atoms with E-state index in [1.807, 2.05) is 26.8 Å². The molecule has 0 amide bonds. The summed E-state index contributed by atoms with van der Waals surface area (Å²) in [5, 5.41) is 0. The molecule has 1 atom stereocenters. The number of carbonyl (C=O) groups is 1. The normalized spacial score (nSPS) is 17.6. The van der Waals surface area contributed by atoms with Crippen LogP contribution in [0.3, 0.4) is 0 Å². The predicted octanol–water partition coefficient (Wildman–Crippen LogP) is 4.55. The van der Waals surface area contributed by atoms with Gasteiger partial charge in [0.1, 0.15) is 5.75 Å². The Balaban J connectivity index is 2.42. The Labute approximate surface area is 139 Å². The molecule has 0 radical (unpaired) electrons. The second-order valence-electron chi connectivity index (χ2n) is 6.97. The van der Waals surface area contributed by atoms with Gasteiger partial charge in [0, 0.05) is 5.56 Å². The molecule has 0 bridgehead atoms. The fourth-order valence-corrected chi connectivity index (χ4v) is 2.58. The molecular weight excluding hydrogens is 321 g/mol. The predicted molar refractivity (Wildman–Crippen MR) is 84.7 cm³/mol. The molecule has 0 N–H and O–H groups in total. The highest BCUT2D eigenvalue weighted by Crippen LogP contribution is 2.38. The first kappa shape index (κ1) is 18.4. The fourth-order valence-electron chi connectivity index (χ4n) is 2.58. The van der Waals surface area contributed by atoms with Crippen LogP contribution in [-0.2, 0) is 16.0 Å². The number of alkyl halides is 3. The van der Waals surface area contributed by atoms with E-state index in [9.17, 15) is 18.0 Å². The molecule has 1 aromatic carbocycles. The maximum absolute atomic E-state index is 13.3. The number of fused-ring (bicyclic) bond motifs is 1. The smallest absolute Gasteiger partial charge is 0.430 e. The average molecular weight is 342 g/mol. The van der Waals surface area contributed by atoms with Crippen LogP contribution in [0, 0.1) is 5.41 Å². The fraction of sp³-hybridized carbons (Fsp3) is 0.500. The van der Waals surface area contributed by atoms with Gasteiger partial charge >= 0.3 is 12.1 Å². The zero-order valence-electron chi connectivity index (χ0n) is 14.2. The van der Waals surface area contributed by atoms with Gasteiger partial charge in [-0.25, -0.2) is 4.79 Å². The molecule has 0 saturated carbocycles. The summed E-state index contributed by atoms with van der Waals surface area (Å²) in [7, 11) is 0. The van der Waals surface area contributed by atoms with Gasteiger partial charge in [-0.15, -0.1) is 0 Å². The SMILES string of the molecule is CCOC(=O)C1=Cc2ccc(CC(C)(C)C)cc2OC1C(F)(F)F. The van der Waals surface area contributed by atoms with Gasteiger partial charge < -0.3 is 9.47 Å². The maximum Gasteiger partial charge on any atom is 0.430 e. The lowest BCUT2D eigenvalue weighted by Crippen LogP contribution is -2.40. The quantitative estimate of drug-likeness (QED) is 0.756. The molecule has 3 nitrogen and oxygen atoms in total. The Bertz CT molecular complexity index is 654. The van der Waals surface area contributed by atoms with Crippen LogP contribution in [-0.4, -0.2) is 24.9 Å². The monoisotopic (exact) mass is 342 g/mol. The van der Waals surface area contributed by atoms with Gasteiger partial charge in [0.15, 0.2) is 0 Å². The van der Waals surface area contributed by atoms with Crippen LogP contribution in [0.15, 0.2) is 23.8 Å². The zero-order valence-corrected chi connectivity index (χ0v) is 14.2. The molecular formula is C18H21F3O3. The summed E-state index contributed by atoms with van der Waals surface area (Å²) in [5.74, 6) is -0.878. The van der Waals surface area contributed by atoms with E-state index < -0.39 is 23.8 Å². The number of benzene rings is 1. The van der Waals surface area contributed by atoms with Crippen LogP contribution in [0.4, 0.5) is 13.2 Å². The van der Waals surface area contributed by atoms with Crippen molar-refractivity contribution in [3.8, 4) is 5.75 Å². The minimum atomic E-state index is -4.70. The second kappa shape index (κ2) is 6.49. The van der Waals surface area contributed by atoms with Crippen LogP contribution in [0.25, 0.3) is 6.08 Å². The van der Waals surface area contributed by atoms with Crippen LogP contribution in [0.5, 0.6) is 5.75 Å². The number of ether oxygens (including phenoxy) is 2. The first-order chi connectivity index (χ1) is 11.0. The van der Waals surface area contributed by atoms with E-state index >= 15 is 0 Å². The van der Waals surface area contributed by atoms with E-state index in [4.69, 9.17) is 9.47 Å². The number of esters is 1. The molecule has 0 fully saturated rings. The average Bonchev–Trinajstić information content (AvgIpc) is 2.43. The maximum atomic E-state index is 13.3. The second-order valence-corrected chi connectivity index (χ2v) is 6.97. The topological polar surface area (TPSA) is 35.5 Å². The summed E-state index contributed by atoms with van der Waals surface area (Å²) >= 11 is 0. The highest BCUT2D eigenvalue weighted by Gasteiger charge is 2.48. The first-order valence-electron chi connectivity index (χ1n) is 7.76. The van der Waals surface area contributed by atoms with Crippen molar-refractivity contribution in [2.45, 2.75) is 46.4 Å². The Kier molecular flexibility index (Phi) is 4.97. The third kappa shape index (κ3) is 4.30. The van der Waals surface area contributed by atoms with E-state index in [-0.39, 0.29) is 17.8 Å². The van der Waals surface area contributed by atoms with Crippen molar-refractivity contribution in [2.24, 2.45) is 5.41 Å². The van der Waals surface area contributed by atoms with E-state index in [1.165, 1.54) is 13.0 Å². The summed E-state index contributed by atoms with van der Waals surface area (Å²) < 4.78 is 49.7. The lowest BCUT2D eigenvalue weighted by atomic mass is 9.87. The van der Waals surface area contributed by atoms with Gasteiger partial charge in [0.05, 0.1) is 12.2 Å². The van der Waals surface area contributed by atoms with E-state index in [2.05, 4.69) is 0 Å². The molecule has 0 aromatic heterocycles. The largest absolute Gasteiger partial charge is 0.475 e. The van der Waals surface area contributed by atoms with Crippen molar-refractivity contribution in [1.29, 1.82) is 0 Å². The molecule has 24 heavy (non-hydrogen) atoms. The molecule has 0 saturated heterocycles. The van der Waals surface area contributed by atoms with Gasteiger partial charge in [0.2, 0.25) is 6.10 Å². The number of rotatable bonds is 3. The number of carbonyl (C=O) groups excluding carboxylic acids is 1. The zero-order chi connectivity index (χ0) is 18.1. The number of hydrogen-bond acceptors (Lipinski definition) is 3. The Hall–Kier alpha value is -1.98. The van der Waals surface area contributed by atoms with Crippen LogP contribution in [0.2, 0.25) is 0 Å². The van der Waals surface area contributed by atoms with Gasteiger partial charge in [-0.05, 0) is 36.5 Å². The van der Waals surface area contributed by atoms with Gasteiger partial charge in [-0.1, -0.05) is 32.9 Å². The molecule has 1 aliphatic heterocycles. The molecule has 2 rings (SSSR count). The van der Waals surface area contributed by atoms with Crippen molar-refractivity contribution >= 4 is 12.0 Å². The molecule has 1 aliphatic rings. The lowest BCUT2D eigenvalue weighted by molar-refractivity contribution is -0.187. The Morgan fingerprint density at radius 2 is 1.92 bits per heavy atom. The molecule has 1 unspecified atom stereocenters. The lowest BCUT2D eigenvalue weighted by Gasteiger charge is -2.28. The van der Waals surface area contributed by atoms with Crippen molar-refractivity contribution in [3.63, 3.8) is 0 Å². The van der Waals surface area contributed by atoms with Crippen molar-refractivity contribution < 1.29 is 27.4 Å². The molecule has 0 spiro atoms. The molecule has 132 valence electrons. The number of hydrogen-bond donors (Lipinski definition) is 0. The van der Waals surface area contributed by atoms with Gasteiger partial charge in [-0.3, -0.25) is 0 Å².